The number of rotatable bonds is 3. The van der Waals surface area contributed by atoms with Crippen molar-refractivity contribution in [2.45, 2.75) is 0 Å². The summed E-state index contributed by atoms with van der Waals surface area (Å²) >= 11 is 0. The predicted octanol–water partition coefficient (Wildman–Crippen LogP) is 12.9. The summed E-state index contributed by atoms with van der Waals surface area (Å²) < 4.78 is 6.80. The van der Waals surface area contributed by atoms with Crippen LogP contribution >= 0.6 is 0 Å². The topological polar surface area (TPSA) is 33.4 Å². The van der Waals surface area contributed by atoms with Gasteiger partial charge in [0.2, 0.25) is 0 Å². The molecule has 0 aliphatic heterocycles. The molecule has 10 rings (SSSR count). The van der Waals surface area contributed by atoms with E-state index in [-0.39, 0.29) is 0 Å². The lowest BCUT2D eigenvalue weighted by atomic mass is 9.85. The highest BCUT2D eigenvalue weighted by Gasteiger charge is 2.21. The van der Waals surface area contributed by atoms with Crippen LogP contribution < -0.4 is 0 Å². The zero-order chi connectivity index (χ0) is 31.8. The molecule has 48 heavy (non-hydrogen) atoms. The zero-order valence-electron chi connectivity index (χ0n) is 25.9. The first-order chi connectivity index (χ1) is 23.8. The highest BCUT2D eigenvalue weighted by atomic mass is 16.3. The third-order valence-electron chi connectivity index (χ3n) is 9.95. The van der Waals surface area contributed by atoms with Crippen LogP contribution in [0.2, 0.25) is 0 Å². The fourth-order valence-electron chi connectivity index (χ4n) is 7.90. The van der Waals surface area contributed by atoms with Crippen molar-refractivity contribution in [2.75, 3.05) is 0 Å². The van der Waals surface area contributed by atoms with Gasteiger partial charge in [-0.15, -0.1) is 0 Å². The largest absolute Gasteiger partial charge is 0.507 e. The molecular weight excluding hydrogens is 585 g/mol. The fraction of sp³-hybridized carbons (Fsp3) is 0. The first-order valence-corrected chi connectivity index (χ1v) is 16.3. The summed E-state index contributed by atoms with van der Waals surface area (Å²) in [5.74, 6) is 0.321. The van der Waals surface area contributed by atoms with Crippen molar-refractivity contribution in [3.8, 4) is 39.1 Å². The van der Waals surface area contributed by atoms with Crippen LogP contribution in [-0.2, 0) is 0 Å². The van der Waals surface area contributed by atoms with Crippen molar-refractivity contribution >= 4 is 65.0 Å². The molecule has 0 amide bonds. The number of aromatic hydroxyl groups is 1. The molecule has 10 aromatic rings. The second-order valence-corrected chi connectivity index (χ2v) is 12.5. The van der Waals surface area contributed by atoms with Crippen molar-refractivity contribution in [3.05, 3.63) is 164 Å². The average molecular weight is 613 g/mol. The van der Waals surface area contributed by atoms with Crippen molar-refractivity contribution < 1.29 is 9.52 Å². The van der Waals surface area contributed by atoms with Gasteiger partial charge < -0.3 is 9.52 Å². The van der Waals surface area contributed by atoms with Crippen LogP contribution in [0.5, 0.6) is 5.75 Å². The fourth-order valence-corrected chi connectivity index (χ4v) is 7.90. The van der Waals surface area contributed by atoms with Gasteiger partial charge >= 0.3 is 0 Å². The van der Waals surface area contributed by atoms with Gasteiger partial charge in [-0.25, -0.2) is 0 Å². The molecule has 0 aliphatic rings. The van der Waals surface area contributed by atoms with Crippen LogP contribution in [0.4, 0.5) is 0 Å². The summed E-state index contributed by atoms with van der Waals surface area (Å²) in [6.07, 6.45) is 0. The standard InChI is InChI=1S/C46H28O2/c47-45-36-21-10-8-19-34(36)43(35-20-9-11-22-37(35)45)29-25-26-41-40(27-29)38-23-12-24-39(46(38)48-41)44-32-17-6-4-15-30(32)42(28-13-2-1-3-14-28)31-16-5-7-18-33(31)44/h1-27,47H. The third kappa shape index (κ3) is 3.81. The maximum absolute atomic E-state index is 11.2. The Morgan fingerprint density at radius 2 is 0.792 bits per heavy atom. The number of phenols is 1. The summed E-state index contributed by atoms with van der Waals surface area (Å²) in [7, 11) is 0. The molecule has 224 valence electrons. The Balaban J connectivity index is 1.27. The summed E-state index contributed by atoms with van der Waals surface area (Å²) in [5, 5.41) is 22.0. The number of fused-ring (bicyclic) bond motifs is 7. The molecule has 2 heteroatoms. The molecule has 1 N–H and O–H groups in total. The Labute approximate surface area is 276 Å². The molecule has 0 saturated carbocycles. The summed E-state index contributed by atoms with van der Waals surface area (Å²) in [5.41, 5.74) is 8.65. The minimum absolute atomic E-state index is 0.321. The van der Waals surface area contributed by atoms with Crippen molar-refractivity contribution in [1.82, 2.24) is 0 Å². The predicted molar refractivity (Wildman–Crippen MR) is 202 cm³/mol. The Morgan fingerprint density at radius 1 is 0.333 bits per heavy atom. The molecule has 0 atom stereocenters. The molecule has 1 aromatic heterocycles. The Hall–Kier alpha value is -6.38. The normalized spacial score (nSPS) is 11.8. The average Bonchev–Trinajstić information content (AvgIpc) is 3.53. The number of hydrogen-bond acceptors (Lipinski definition) is 2. The quantitative estimate of drug-likeness (QED) is 0.201. The van der Waals surface area contributed by atoms with Gasteiger partial charge in [-0.05, 0) is 66.7 Å². The summed E-state index contributed by atoms with van der Waals surface area (Å²) in [4.78, 5) is 0. The van der Waals surface area contributed by atoms with E-state index in [2.05, 4.69) is 127 Å². The van der Waals surface area contributed by atoms with E-state index in [0.29, 0.717) is 5.75 Å². The molecule has 2 nitrogen and oxygen atoms in total. The molecule has 9 aromatic carbocycles. The second-order valence-electron chi connectivity index (χ2n) is 12.5. The molecule has 1 heterocycles. The highest BCUT2D eigenvalue weighted by molar-refractivity contribution is 6.25. The van der Waals surface area contributed by atoms with Gasteiger partial charge in [0.15, 0.2) is 0 Å². The third-order valence-corrected chi connectivity index (χ3v) is 9.95. The maximum atomic E-state index is 11.2. The number of para-hydroxylation sites is 1. The number of benzene rings is 9. The smallest absolute Gasteiger partial charge is 0.143 e. The van der Waals surface area contributed by atoms with Gasteiger partial charge in [0.05, 0.1) is 0 Å². The second kappa shape index (κ2) is 10.3. The van der Waals surface area contributed by atoms with Gasteiger partial charge in [-0.3, -0.25) is 0 Å². The highest BCUT2D eigenvalue weighted by Crippen LogP contribution is 2.48. The van der Waals surface area contributed by atoms with Crippen LogP contribution in [0.15, 0.2) is 168 Å². The number of phenolic OH excluding ortho intramolecular Hbond substituents is 1. The van der Waals surface area contributed by atoms with Gasteiger partial charge in [0.1, 0.15) is 16.9 Å². The van der Waals surface area contributed by atoms with Gasteiger partial charge in [-0.1, -0.05) is 152 Å². The van der Waals surface area contributed by atoms with E-state index < -0.39 is 0 Å². The van der Waals surface area contributed by atoms with Gasteiger partial charge in [0.25, 0.3) is 0 Å². The lowest BCUT2D eigenvalue weighted by Crippen LogP contribution is -1.90. The molecule has 0 unspecified atom stereocenters. The Kier molecular flexibility index (Phi) is 5.76. The lowest BCUT2D eigenvalue weighted by molar-refractivity contribution is 0.488. The van der Waals surface area contributed by atoms with E-state index in [9.17, 15) is 5.11 Å². The maximum Gasteiger partial charge on any atom is 0.143 e. The summed E-state index contributed by atoms with van der Waals surface area (Å²) in [6, 6.07) is 57.4. The molecule has 0 spiro atoms. The number of furan rings is 1. The monoisotopic (exact) mass is 612 g/mol. The molecule has 0 radical (unpaired) electrons. The van der Waals surface area contributed by atoms with Crippen LogP contribution in [0.1, 0.15) is 0 Å². The Morgan fingerprint density at radius 3 is 1.38 bits per heavy atom. The Bertz CT molecular complexity index is 2780. The molecule has 0 saturated heterocycles. The minimum atomic E-state index is 0.321. The molecular formula is C46H28O2. The van der Waals surface area contributed by atoms with Crippen LogP contribution in [0, 0.1) is 0 Å². The molecule has 0 bridgehead atoms. The number of hydrogen-bond donors (Lipinski definition) is 1. The van der Waals surface area contributed by atoms with Crippen molar-refractivity contribution in [2.24, 2.45) is 0 Å². The van der Waals surface area contributed by atoms with Gasteiger partial charge in [0, 0.05) is 32.7 Å². The van der Waals surface area contributed by atoms with E-state index in [1.54, 1.807) is 0 Å². The van der Waals surface area contributed by atoms with E-state index in [1.165, 1.54) is 38.2 Å². The minimum Gasteiger partial charge on any atom is -0.507 e. The van der Waals surface area contributed by atoms with Crippen molar-refractivity contribution in [1.29, 1.82) is 0 Å². The zero-order valence-corrected chi connectivity index (χ0v) is 25.9. The van der Waals surface area contributed by atoms with Crippen LogP contribution in [0.3, 0.4) is 0 Å². The van der Waals surface area contributed by atoms with Crippen molar-refractivity contribution in [3.63, 3.8) is 0 Å². The first-order valence-electron chi connectivity index (χ1n) is 16.3. The van der Waals surface area contributed by atoms with Crippen LogP contribution in [-0.4, -0.2) is 5.11 Å². The van der Waals surface area contributed by atoms with Crippen LogP contribution in [0.25, 0.3) is 98.4 Å². The lowest BCUT2D eigenvalue weighted by Gasteiger charge is -2.17. The van der Waals surface area contributed by atoms with E-state index >= 15 is 0 Å². The summed E-state index contributed by atoms with van der Waals surface area (Å²) in [6.45, 7) is 0. The SMILES string of the molecule is Oc1c2ccccc2c(-c2ccc3oc4c(-c5c6ccccc6c(-c6ccccc6)c6ccccc56)cccc4c3c2)c2ccccc12. The van der Waals surface area contributed by atoms with Gasteiger partial charge in [-0.2, -0.15) is 0 Å². The molecule has 0 aliphatic carbocycles. The van der Waals surface area contributed by atoms with E-state index in [0.717, 1.165) is 60.2 Å². The molecule has 0 fully saturated rings. The van der Waals surface area contributed by atoms with E-state index in [4.69, 9.17) is 4.42 Å². The van der Waals surface area contributed by atoms with E-state index in [1.807, 2.05) is 36.4 Å². The first kappa shape index (κ1) is 26.8.